The summed E-state index contributed by atoms with van der Waals surface area (Å²) in [5.41, 5.74) is 5.53. The van der Waals surface area contributed by atoms with E-state index < -0.39 is 0 Å². The standard InChI is InChI=1S/C31H28N2O5/c1-36-29-11-10-19(15-32)12-27(29)30(34)20-13-21-16-37-17-22(14-20)33(21)31(35)38-18-28-25-8-4-2-6-23(25)24-7-3-5-9-26(24)28/h2-12,20-22,28H,13-14,16-18H2,1H3. The van der Waals surface area contributed by atoms with Gasteiger partial charge >= 0.3 is 6.09 Å². The summed E-state index contributed by atoms with van der Waals surface area (Å²) in [6.07, 6.45) is 0.582. The molecule has 2 fully saturated rings. The highest BCUT2D eigenvalue weighted by Crippen LogP contribution is 2.45. The fourth-order valence-corrected chi connectivity index (χ4v) is 6.29. The largest absolute Gasteiger partial charge is 0.496 e. The number of nitriles is 1. The quantitative estimate of drug-likeness (QED) is 0.442. The maximum atomic E-state index is 13.5. The topological polar surface area (TPSA) is 88.9 Å². The van der Waals surface area contributed by atoms with Crippen LogP contribution < -0.4 is 4.74 Å². The third-order valence-corrected chi connectivity index (χ3v) is 8.03. The fraction of sp³-hybridized carbons (Fsp3) is 0.323. The van der Waals surface area contributed by atoms with E-state index in [2.05, 4.69) is 30.3 Å². The highest BCUT2D eigenvalue weighted by molar-refractivity contribution is 6.01. The number of ether oxygens (including phenoxy) is 3. The number of amides is 1. The van der Waals surface area contributed by atoms with Gasteiger partial charge in [0.2, 0.25) is 0 Å². The van der Waals surface area contributed by atoms with E-state index in [1.165, 1.54) is 29.4 Å². The molecule has 0 aromatic heterocycles. The van der Waals surface area contributed by atoms with Gasteiger partial charge in [-0.1, -0.05) is 48.5 Å². The van der Waals surface area contributed by atoms with Crippen molar-refractivity contribution in [1.82, 2.24) is 4.90 Å². The van der Waals surface area contributed by atoms with Crippen LogP contribution in [0.2, 0.25) is 0 Å². The van der Waals surface area contributed by atoms with Crippen molar-refractivity contribution in [3.05, 3.63) is 89.0 Å². The van der Waals surface area contributed by atoms with Crippen LogP contribution >= 0.6 is 0 Å². The van der Waals surface area contributed by atoms with Crippen molar-refractivity contribution < 1.29 is 23.8 Å². The lowest BCUT2D eigenvalue weighted by Crippen LogP contribution is -2.60. The van der Waals surface area contributed by atoms with E-state index in [4.69, 9.17) is 14.2 Å². The number of carbonyl (C=O) groups is 2. The lowest BCUT2D eigenvalue weighted by atomic mass is 9.80. The number of carbonyl (C=O) groups excluding carboxylic acids is 2. The lowest BCUT2D eigenvalue weighted by molar-refractivity contribution is -0.0748. The molecule has 3 aliphatic rings. The summed E-state index contributed by atoms with van der Waals surface area (Å²) in [6.45, 7) is 0.976. The van der Waals surface area contributed by atoms with Gasteiger partial charge in [0.1, 0.15) is 12.4 Å². The molecular formula is C31H28N2O5. The second-order valence-corrected chi connectivity index (χ2v) is 10.1. The summed E-state index contributed by atoms with van der Waals surface area (Å²) in [4.78, 5) is 28.7. The molecule has 2 saturated heterocycles. The number of Topliss-reactive ketones (excluding diaryl/α,β-unsaturated/α-hetero) is 1. The summed E-state index contributed by atoms with van der Waals surface area (Å²) in [5.74, 6) is 0.0771. The van der Waals surface area contributed by atoms with Gasteiger partial charge in [-0.05, 0) is 53.3 Å². The summed E-state index contributed by atoms with van der Waals surface area (Å²) in [7, 11) is 1.51. The van der Waals surface area contributed by atoms with Crippen LogP contribution in [0.25, 0.3) is 11.1 Å². The van der Waals surface area contributed by atoms with E-state index in [0.717, 1.165) is 0 Å². The number of ketones is 1. The number of benzene rings is 3. The minimum absolute atomic E-state index is 0.0126. The number of fused-ring (bicyclic) bond motifs is 5. The molecule has 1 aliphatic carbocycles. The van der Waals surface area contributed by atoms with Gasteiger partial charge in [-0.2, -0.15) is 5.26 Å². The molecule has 38 heavy (non-hydrogen) atoms. The Balaban J connectivity index is 1.18. The number of nitrogens with zero attached hydrogens (tertiary/aromatic N) is 2. The number of piperidine rings is 1. The van der Waals surface area contributed by atoms with Crippen molar-refractivity contribution in [3.63, 3.8) is 0 Å². The van der Waals surface area contributed by atoms with Gasteiger partial charge in [-0.25, -0.2) is 4.79 Å². The monoisotopic (exact) mass is 508 g/mol. The van der Waals surface area contributed by atoms with E-state index >= 15 is 0 Å². The minimum atomic E-state index is -0.361. The SMILES string of the molecule is COc1ccc(C#N)cc1C(=O)C1CC2COCC(C1)N2C(=O)OCC1c2ccccc2-c2ccccc21. The normalized spacial score (nSPS) is 21.7. The van der Waals surface area contributed by atoms with Crippen LogP contribution in [-0.2, 0) is 9.47 Å². The second kappa shape index (κ2) is 9.96. The third-order valence-electron chi connectivity index (χ3n) is 8.03. The van der Waals surface area contributed by atoms with Gasteiger partial charge in [0, 0.05) is 11.8 Å². The molecule has 7 nitrogen and oxygen atoms in total. The number of methoxy groups -OCH3 is 1. The molecule has 3 aromatic carbocycles. The Kier molecular flexibility index (Phi) is 6.34. The number of morpholine rings is 1. The smallest absolute Gasteiger partial charge is 0.410 e. The third kappa shape index (κ3) is 4.11. The van der Waals surface area contributed by atoms with Crippen molar-refractivity contribution in [3.8, 4) is 22.9 Å². The molecule has 2 atom stereocenters. The molecule has 3 aromatic rings. The molecule has 2 unspecified atom stereocenters. The zero-order valence-electron chi connectivity index (χ0n) is 21.1. The number of rotatable bonds is 5. The molecule has 0 N–H and O–H groups in total. The van der Waals surface area contributed by atoms with Crippen LogP contribution in [0, 0.1) is 17.2 Å². The number of hydrogen-bond acceptors (Lipinski definition) is 6. The average molecular weight is 509 g/mol. The van der Waals surface area contributed by atoms with Crippen molar-refractivity contribution in [2.45, 2.75) is 30.8 Å². The molecule has 6 rings (SSSR count). The predicted molar refractivity (Wildman–Crippen MR) is 140 cm³/mol. The van der Waals surface area contributed by atoms with Crippen LogP contribution in [-0.4, -0.2) is 55.8 Å². The van der Waals surface area contributed by atoms with Crippen LogP contribution in [0.5, 0.6) is 5.75 Å². The van der Waals surface area contributed by atoms with E-state index in [-0.39, 0.29) is 42.4 Å². The maximum absolute atomic E-state index is 13.5. The minimum Gasteiger partial charge on any atom is -0.496 e. The number of hydrogen-bond donors (Lipinski definition) is 0. The Hall–Kier alpha value is -4.15. The van der Waals surface area contributed by atoms with Gasteiger partial charge in [0.15, 0.2) is 5.78 Å². The van der Waals surface area contributed by atoms with Crippen molar-refractivity contribution in [2.75, 3.05) is 26.9 Å². The summed E-state index contributed by atoms with van der Waals surface area (Å²) in [5, 5.41) is 9.31. The van der Waals surface area contributed by atoms with Gasteiger partial charge in [0.05, 0.1) is 49.6 Å². The van der Waals surface area contributed by atoms with Gasteiger partial charge < -0.3 is 14.2 Å². The average Bonchev–Trinajstić information content (AvgIpc) is 3.28. The van der Waals surface area contributed by atoms with Crippen LogP contribution in [0.1, 0.15) is 45.8 Å². The summed E-state index contributed by atoms with van der Waals surface area (Å²) >= 11 is 0. The Labute approximate surface area is 221 Å². The van der Waals surface area contributed by atoms with Gasteiger partial charge in [0.25, 0.3) is 0 Å². The highest BCUT2D eigenvalue weighted by Gasteiger charge is 2.45. The molecule has 1 amide bonds. The van der Waals surface area contributed by atoms with Crippen molar-refractivity contribution >= 4 is 11.9 Å². The van der Waals surface area contributed by atoms with E-state index in [0.29, 0.717) is 42.9 Å². The first-order valence-electron chi connectivity index (χ1n) is 12.9. The first kappa shape index (κ1) is 24.2. The Morgan fingerprint density at radius 1 is 0.974 bits per heavy atom. The Morgan fingerprint density at radius 3 is 2.21 bits per heavy atom. The molecule has 0 radical (unpaired) electrons. The summed E-state index contributed by atoms with van der Waals surface area (Å²) < 4.78 is 17.1. The predicted octanol–water partition coefficient (Wildman–Crippen LogP) is 5.18. The first-order valence-corrected chi connectivity index (χ1v) is 12.9. The van der Waals surface area contributed by atoms with Crippen LogP contribution in [0.15, 0.2) is 66.7 Å². The lowest BCUT2D eigenvalue weighted by Gasteiger charge is -2.47. The van der Waals surface area contributed by atoms with Crippen LogP contribution in [0.3, 0.4) is 0 Å². The highest BCUT2D eigenvalue weighted by atomic mass is 16.6. The van der Waals surface area contributed by atoms with Crippen molar-refractivity contribution in [2.24, 2.45) is 5.92 Å². The molecule has 0 spiro atoms. The van der Waals surface area contributed by atoms with Gasteiger partial charge in [-0.3, -0.25) is 9.69 Å². The zero-order chi connectivity index (χ0) is 26.2. The fourth-order valence-electron chi connectivity index (χ4n) is 6.29. The Morgan fingerprint density at radius 2 is 1.61 bits per heavy atom. The molecule has 2 bridgehead atoms. The molecule has 192 valence electrons. The first-order chi connectivity index (χ1) is 18.6. The van der Waals surface area contributed by atoms with E-state index in [1.54, 1.807) is 23.1 Å². The molecule has 2 heterocycles. The molecule has 7 heteroatoms. The van der Waals surface area contributed by atoms with Crippen molar-refractivity contribution in [1.29, 1.82) is 5.26 Å². The maximum Gasteiger partial charge on any atom is 0.410 e. The van der Waals surface area contributed by atoms with E-state index in [1.807, 2.05) is 24.3 Å². The second-order valence-electron chi connectivity index (χ2n) is 10.1. The molecular weight excluding hydrogens is 480 g/mol. The van der Waals surface area contributed by atoms with E-state index in [9.17, 15) is 14.9 Å². The zero-order valence-corrected chi connectivity index (χ0v) is 21.1. The summed E-state index contributed by atoms with van der Waals surface area (Å²) in [6, 6.07) is 23.0. The van der Waals surface area contributed by atoms with Gasteiger partial charge in [-0.15, -0.1) is 0 Å². The Bertz CT molecular complexity index is 1380. The molecule has 0 saturated carbocycles. The molecule has 2 aliphatic heterocycles. The van der Waals surface area contributed by atoms with Crippen LogP contribution in [0.4, 0.5) is 4.79 Å².